The van der Waals surface area contributed by atoms with Crippen LogP contribution in [0.4, 0.5) is 0 Å². The quantitative estimate of drug-likeness (QED) is 0.419. The predicted molar refractivity (Wildman–Crippen MR) is 26.5 cm³/mol. The molecule has 2 unspecified atom stereocenters. The lowest BCUT2D eigenvalue weighted by Crippen LogP contribution is -2.18. The van der Waals surface area contributed by atoms with Gasteiger partial charge >= 0.3 is 0 Å². The smallest absolute Gasteiger partial charge is 0.147 e. The molecule has 2 aliphatic heterocycles. The molecule has 0 aromatic heterocycles. The Balaban J connectivity index is 2.04. The van der Waals surface area contributed by atoms with Crippen molar-refractivity contribution in [3.63, 3.8) is 0 Å². The molecule has 2 saturated heterocycles. The summed E-state index contributed by atoms with van der Waals surface area (Å²) in [6.45, 7) is 2.15. The number of rotatable bonds is 0. The van der Waals surface area contributed by atoms with Crippen molar-refractivity contribution >= 4 is 0 Å². The van der Waals surface area contributed by atoms with Crippen LogP contribution in [0.15, 0.2) is 0 Å². The number of hydrogen-bond donors (Lipinski definition) is 0. The van der Waals surface area contributed by atoms with E-state index in [9.17, 15) is 0 Å². The number of fused-ring (bicyclic) bond motifs is 1. The second kappa shape index (κ2) is 1.69. The molecule has 0 N–H and O–H groups in total. The van der Waals surface area contributed by atoms with E-state index in [0.29, 0.717) is 6.79 Å². The number of ether oxygens (including phenoxy) is 2. The monoisotopic (exact) mass is 114 g/mol. The summed E-state index contributed by atoms with van der Waals surface area (Å²) in [6, 6.07) is 0. The highest BCUT2D eigenvalue weighted by atomic mass is 16.7. The Hall–Kier alpha value is -0.120. The summed E-state index contributed by atoms with van der Waals surface area (Å²) in [5, 5.41) is 4.12. The summed E-state index contributed by atoms with van der Waals surface area (Å²) in [6.07, 6.45) is 0.574. The molecule has 0 aliphatic carbocycles. The van der Waals surface area contributed by atoms with Gasteiger partial charge in [0.2, 0.25) is 0 Å². The fourth-order valence-electron chi connectivity index (χ4n) is 1.10. The van der Waals surface area contributed by atoms with Crippen molar-refractivity contribution in [1.29, 1.82) is 0 Å². The molecule has 3 heteroatoms. The first kappa shape index (κ1) is 4.73. The minimum absolute atomic E-state index is 0.287. The zero-order valence-corrected chi connectivity index (χ0v) is 4.54. The molecule has 8 heavy (non-hydrogen) atoms. The Kier molecular flexibility index (Phi) is 0.997. The molecule has 2 atom stereocenters. The van der Waals surface area contributed by atoms with Crippen LogP contribution in [0.1, 0.15) is 0 Å². The van der Waals surface area contributed by atoms with Crippen LogP contribution in [0, 0.1) is 0 Å². The predicted octanol–water partition coefficient (Wildman–Crippen LogP) is -0.654. The fourth-order valence-corrected chi connectivity index (χ4v) is 1.10. The van der Waals surface area contributed by atoms with Crippen molar-refractivity contribution in [1.82, 2.24) is 5.32 Å². The Bertz CT molecular complexity index is 76.4. The molecule has 0 spiro atoms. The molecule has 2 aliphatic rings. The van der Waals surface area contributed by atoms with Gasteiger partial charge in [-0.3, -0.25) is 0 Å². The normalized spacial score (nSPS) is 45.0. The molecule has 1 radical (unpaired) electrons. The van der Waals surface area contributed by atoms with Crippen molar-refractivity contribution in [3.05, 3.63) is 0 Å². The Morgan fingerprint density at radius 3 is 2.38 bits per heavy atom. The summed E-state index contributed by atoms with van der Waals surface area (Å²) in [5.41, 5.74) is 0. The molecule has 0 aromatic carbocycles. The molecule has 2 rings (SSSR count). The van der Waals surface area contributed by atoms with Crippen molar-refractivity contribution in [2.24, 2.45) is 0 Å². The Morgan fingerprint density at radius 1 is 1.12 bits per heavy atom. The summed E-state index contributed by atoms with van der Waals surface area (Å²) in [5.74, 6) is 0. The van der Waals surface area contributed by atoms with Crippen LogP contribution in [0.2, 0.25) is 0 Å². The van der Waals surface area contributed by atoms with E-state index in [1.165, 1.54) is 0 Å². The Morgan fingerprint density at radius 2 is 1.75 bits per heavy atom. The summed E-state index contributed by atoms with van der Waals surface area (Å²) in [7, 11) is 0. The second-order valence-corrected chi connectivity index (χ2v) is 2.12. The molecule has 2 fully saturated rings. The maximum Gasteiger partial charge on any atom is 0.147 e. The van der Waals surface area contributed by atoms with Gasteiger partial charge < -0.3 is 9.47 Å². The van der Waals surface area contributed by atoms with Gasteiger partial charge in [0.1, 0.15) is 19.0 Å². The van der Waals surface area contributed by atoms with Crippen LogP contribution in [0.5, 0.6) is 0 Å². The topological polar surface area (TPSA) is 32.6 Å². The first-order chi connectivity index (χ1) is 3.97. The lowest BCUT2D eigenvalue weighted by atomic mass is 10.3. The average molecular weight is 114 g/mol. The summed E-state index contributed by atoms with van der Waals surface area (Å²) < 4.78 is 10.3. The van der Waals surface area contributed by atoms with E-state index in [-0.39, 0.29) is 12.2 Å². The zero-order chi connectivity index (χ0) is 5.40. The standard InChI is InChI=1S/C5H8NO2/c1-4-5(2-6-1)8-3-7-4/h4-5H,1-3H2. The van der Waals surface area contributed by atoms with Gasteiger partial charge in [-0.2, -0.15) is 0 Å². The third-order valence-corrected chi connectivity index (χ3v) is 1.60. The lowest BCUT2D eigenvalue weighted by molar-refractivity contribution is 0.0320. The highest BCUT2D eigenvalue weighted by Crippen LogP contribution is 2.16. The van der Waals surface area contributed by atoms with Gasteiger partial charge in [-0.05, 0) is 0 Å². The van der Waals surface area contributed by atoms with E-state index in [1.807, 2.05) is 0 Å². The third-order valence-electron chi connectivity index (χ3n) is 1.60. The highest BCUT2D eigenvalue weighted by molar-refractivity contribution is 4.84. The maximum atomic E-state index is 5.16. The second-order valence-electron chi connectivity index (χ2n) is 2.12. The van der Waals surface area contributed by atoms with E-state index in [0.717, 1.165) is 13.1 Å². The van der Waals surface area contributed by atoms with Gasteiger partial charge in [0.25, 0.3) is 0 Å². The zero-order valence-electron chi connectivity index (χ0n) is 4.54. The average Bonchev–Trinajstić information content (AvgIpc) is 2.15. The van der Waals surface area contributed by atoms with E-state index in [1.54, 1.807) is 0 Å². The van der Waals surface area contributed by atoms with Crippen molar-refractivity contribution in [3.8, 4) is 0 Å². The van der Waals surface area contributed by atoms with Gasteiger partial charge in [0.05, 0.1) is 0 Å². The van der Waals surface area contributed by atoms with Crippen molar-refractivity contribution in [2.75, 3.05) is 19.9 Å². The maximum absolute atomic E-state index is 5.16. The van der Waals surface area contributed by atoms with E-state index >= 15 is 0 Å². The summed E-state index contributed by atoms with van der Waals surface area (Å²) in [4.78, 5) is 0. The first-order valence-corrected chi connectivity index (χ1v) is 2.83. The molecular formula is C5H8NO2. The first-order valence-electron chi connectivity index (χ1n) is 2.83. The fraction of sp³-hybridized carbons (Fsp3) is 1.00. The van der Waals surface area contributed by atoms with Crippen LogP contribution in [-0.4, -0.2) is 32.1 Å². The number of hydrogen-bond acceptors (Lipinski definition) is 2. The molecule has 45 valence electrons. The minimum Gasteiger partial charge on any atom is -0.348 e. The van der Waals surface area contributed by atoms with Crippen molar-refractivity contribution in [2.45, 2.75) is 12.2 Å². The van der Waals surface area contributed by atoms with Gasteiger partial charge in [0, 0.05) is 13.1 Å². The van der Waals surface area contributed by atoms with Crippen LogP contribution >= 0.6 is 0 Å². The molecule has 0 bridgehead atoms. The largest absolute Gasteiger partial charge is 0.348 e. The molecular weight excluding hydrogens is 106 g/mol. The van der Waals surface area contributed by atoms with Crippen LogP contribution in [-0.2, 0) is 9.47 Å². The molecule has 2 heterocycles. The third kappa shape index (κ3) is 0.555. The SMILES string of the molecule is C1OC2C[N]CC2O1. The van der Waals surface area contributed by atoms with Crippen LogP contribution in [0.3, 0.4) is 0 Å². The van der Waals surface area contributed by atoms with Crippen LogP contribution in [0.25, 0.3) is 0 Å². The van der Waals surface area contributed by atoms with Gasteiger partial charge in [-0.25, -0.2) is 5.32 Å². The molecule has 0 aromatic rings. The van der Waals surface area contributed by atoms with Gasteiger partial charge in [0.15, 0.2) is 0 Å². The molecule has 0 saturated carbocycles. The summed E-state index contributed by atoms with van der Waals surface area (Å²) >= 11 is 0. The van der Waals surface area contributed by atoms with Gasteiger partial charge in [-0.15, -0.1) is 0 Å². The highest BCUT2D eigenvalue weighted by Gasteiger charge is 2.34. The molecule has 3 nitrogen and oxygen atoms in total. The minimum atomic E-state index is 0.287. The molecule has 0 amide bonds. The van der Waals surface area contributed by atoms with E-state index in [2.05, 4.69) is 5.32 Å². The van der Waals surface area contributed by atoms with Crippen molar-refractivity contribution < 1.29 is 9.47 Å². The Labute approximate surface area is 48.0 Å². The lowest BCUT2D eigenvalue weighted by Gasteiger charge is -1.99. The van der Waals surface area contributed by atoms with Crippen LogP contribution < -0.4 is 5.32 Å². The van der Waals surface area contributed by atoms with Gasteiger partial charge in [-0.1, -0.05) is 0 Å². The van der Waals surface area contributed by atoms with E-state index in [4.69, 9.17) is 9.47 Å². The number of nitrogens with zero attached hydrogens (tertiary/aromatic N) is 1. The van der Waals surface area contributed by atoms with E-state index < -0.39 is 0 Å².